The van der Waals surface area contributed by atoms with Gasteiger partial charge in [-0.1, -0.05) is 6.92 Å². The summed E-state index contributed by atoms with van der Waals surface area (Å²) in [4.78, 5) is 4.32. The molecular weight excluding hydrogens is 230 g/mol. The van der Waals surface area contributed by atoms with Crippen LogP contribution >= 0.6 is 0 Å². The highest BCUT2D eigenvalue weighted by atomic mass is 16.5. The zero-order chi connectivity index (χ0) is 13.2. The van der Waals surface area contributed by atoms with Crippen LogP contribution in [-0.2, 0) is 16.0 Å². The van der Waals surface area contributed by atoms with Gasteiger partial charge < -0.3 is 19.4 Å². The molecule has 1 unspecified atom stereocenters. The van der Waals surface area contributed by atoms with Crippen LogP contribution in [0.5, 0.6) is 0 Å². The summed E-state index contributed by atoms with van der Waals surface area (Å²) in [5.74, 6) is 1.41. The van der Waals surface area contributed by atoms with Gasteiger partial charge in [-0.15, -0.1) is 0 Å². The normalized spacial score (nSPS) is 12.6. The van der Waals surface area contributed by atoms with Crippen molar-refractivity contribution in [2.24, 2.45) is 5.92 Å². The van der Waals surface area contributed by atoms with Crippen molar-refractivity contribution in [3.8, 4) is 0 Å². The van der Waals surface area contributed by atoms with Crippen LogP contribution in [0.2, 0.25) is 0 Å². The molecule has 0 aliphatic rings. The Morgan fingerprint density at radius 3 is 3.06 bits per heavy atom. The lowest BCUT2D eigenvalue weighted by Crippen LogP contribution is -2.16. The number of ether oxygens (including phenoxy) is 2. The van der Waals surface area contributed by atoms with Crippen molar-refractivity contribution in [2.75, 3.05) is 38.8 Å². The standard InChI is InChI=1S/C13H25N3O2/c1-4-18-9-5-6-14-13-15-7-8-16(13)10-12(2)11-17-3/h7-8,12H,4-6,9-11H2,1-3H3,(H,14,15). The van der Waals surface area contributed by atoms with Crippen molar-refractivity contribution in [1.82, 2.24) is 9.55 Å². The summed E-state index contributed by atoms with van der Waals surface area (Å²) in [5.41, 5.74) is 0. The first kappa shape index (κ1) is 15.0. The molecule has 1 aromatic heterocycles. The highest BCUT2D eigenvalue weighted by Crippen LogP contribution is 2.09. The number of hydrogen-bond donors (Lipinski definition) is 1. The van der Waals surface area contributed by atoms with E-state index in [9.17, 15) is 0 Å². The number of nitrogens with one attached hydrogen (secondary N) is 1. The van der Waals surface area contributed by atoms with Crippen LogP contribution in [0.1, 0.15) is 20.3 Å². The highest BCUT2D eigenvalue weighted by Gasteiger charge is 2.06. The third kappa shape index (κ3) is 5.51. The molecule has 1 rings (SSSR count). The minimum Gasteiger partial charge on any atom is -0.384 e. The summed E-state index contributed by atoms with van der Waals surface area (Å²) in [6.45, 7) is 8.33. The topological polar surface area (TPSA) is 48.3 Å². The van der Waals surface area contributed by atoms with E-state index in [-0.39, 0.29) is 0 Å². The quantitative estimate of drug-likeness (QED) is 0.650. The maximum absolute atomic E-state index is 5.30. The van der Waals surface area contributed by atoms with Crippen LogP contribution in [-0.4, -0.2) is 43.0 Å². The number of hydrogen-bond acceptors (Lipinski definition) is 4. The van der Waals surface area contributed by atoms with E-state index in [4.69, 9.17) is 9.47 Å². The lowest BCUT2D eigenvalue weighted by Gasteiger charge is -2.14. The molecule has 0 spiro atoms. The predicted molar refractivity (Wildman–Crippen MR) is 72.9 cm³/mol. The van der Waals surface area contributed by atoms with Crippen LogP contribution in [0.3, 0.4) is 0 Å². The molecule has 0 amide bonds. The van der Waals surface area contributed by atoms with Crippen LogP contribution in [0, 0.1) is 5.92 Å². The van der Waals surface area contributed by atoms with Gasteiger partial charge in [0.15, 0.2) is 0 Å². The minimum atomic E-state index is 0.480. The van der Waals surface area contributed by atoms with Crippen LogP contribution < -0.4 is 5.32 Å². The van der Waals surface area contributed by atoms with Gasteiger partial charge >= 0.3 is 0 Å². The summed E-state index contributed by atoms with van der Waals surface area (Å²) < 4.78 is 12.6. The molecule has 0 aromatic carbocycles. The van der Waals surface area contributed by atoms with Gasteiger partial charge in [-0.3, -0.25) is 0 Å². The molecule has 18 heavy (non-hydrogen) atoms. The summed E-state index contributed by atoms with van der Waals surface area (Å²) in [6.07, 6.45) is 4.82. The van der Waals surface area contributed by atoms with Gasteiger partial charge in [0, 0.05) is 45.8 Å². The van der Waals surface area contributed by atoms with E-state index in [0.29, 0.717) is 5.92 Å². The van der Waals surface area contributed by atoms with Gasteiger partial charge in [0.05, 0.1) is 6.61 Å². The maximum atomic E-state index is 5.30. The Hall–Kier alpha value is -1.07. The Bertz CT molecular complexity index is 315. The molecule has 0 aliphatic heterocycles. The van der Waals surface area contributed by atoms with E-state index in [1.165, 1.54) is 0 Å². The third-order valence-corrected chi connectivity index (χ3v) is 2.63. The predicted octanol–water partition coefficient (Wildman–Crippen LogP) is 2.00. The molecule has 0 saturated carbocycles. The molecule has 1 N–H and O–H groups in total. The van der Waals surface area contributed by atoms with Crippen molar-refractivity contribution < 1.29 is 9.47 Å². The smallest absolute Gasteiger partial charge is 0.202 e. The van der Waals surface area contributed by atoms with Crippen molar-refractivity contribution in [1.29, 1.82) is 0 Å². The lowest BCUT2D eigenvalue weighted by molar-refractivity contribution is 0.147. The van der Waals surface area contributed by atoms with Gasteiger partial charge in [-0.05, 0) is 19.3 Å². The van der Waals surface area contributed by atoms with Crippen molar-refractivity contribution in [3.05, 3.63) is 12.4 Å². The number of aromatic nitrogens is 2. The number of rotatable bonds is 10. The number of anilines is 1. The van der Waals surface area contributed by atoms with E-state index in [2.05, 4.69) is 21.8 Å². The third-order valence-electron chi connectivity index (χ3n) is 2.63. The van der Waals surface area contributed by atoms with Crippen LogP contribution in [0.4, 0.5) is 5.95 Å². The maximum Gasteiger partial charge on any atom is 0.202 e. The van der Waals surface area contributed by atoms with Crippen molar-refractivity contribution >= 4 is 5.95 Å². The molecule has 1 aromatic rings. The largest absolute Gasteiger partial charge is 0.384 e. The van der Waals surface area contributed by atoms with Gasteiger partial charge in [0.2, 0.25) is 5.95 Å². The minimum absolute atomic E-state index is 0.480. The molecule has 0 aliphatic carbocycles. The first-order chi connectivity index (χ1) is 8.77. The Balaban J connectivity index is 2.30. The van der Waals surface area contributed by atoms with Gasteiger partial charge in [-0.2, -0.15) is 0 Å². The first-order valence-electron chi connectivity index (χ1n) is 6.59. The number of imidazole rings is 1. The van der Waals surface area contributed by atoms with Crippen molar-refractivity contribution in [3.63, 3.8) is 0 Å². The molecule has 0 fully saturated rings. The Kier molecular flexibility index (Phi) is 7.44. The van der Waals surface area contributed by atoms with Crippen LogP contribution in [0.25, 0.3) is 0 Å². The molecule has 5 heteroatoms. The Morgan fingerprint density at radius 2 is 2.33 bits per heavy atom. The lowest BCUT2D eigenvalue weighted by atomic mass is 10.2. The summed E-state index contributed by atoms with van der Waals surface area (Å²) in [5, 5.41) is 3.33. The van der Waals surface area contributed by atoms with Crippen LogP contribution in [0.15, 0.2) is 12.4 Å². The van der Waals surface area contributed by atoms with E-state index in [0.717, 1.165) is 45.3 Å². The fourth-order valence-corrected chi connectivity index (χ4v) is 1.82. The molecule has 104 valence electrons. The highest BCUT2D eigenvalue weighted by molar-refractivity contribution is 5.25. The van der Waals surface area contributed by atoms with E-state index < -0.39 is 0 Å². The molecule has 1 heterocycles. The van der Waals surface area contributed by atoms with Crippen molar-refractivity contribution in [2.45, 2.75) is 26.8 Å². The first-order valence-corrected chi connectivity index (χ1v) is 6.59. The molecule has 1 atom stereocenters. The SMILES string of the molecule is CCOCCCNc1nccn1CC(C)COC. The fraction of sp³-hybridized carbons (Fsp3) is 0.769. The van der Waals surface area contributed by atoms with E-state index in [1.54, 1.807) is 7.11 Å². The summed E-state index contributed by atoms with van der Waals surface area (Å²) in [7, 11) is 1.73. The van der Waals surface area contributed by atoms with E-state index >= 15 is 0 Å². The fourth-order valence-electron chi connectivity index (χ4n) is 1.82. The summed E-state index contributed by atoms with van der Waals surface area (Å²) in [6, 6.07) is 0. The monoisotopic (exact) mass is 255 g/mol. The molecular formula is C13H25N3O2. The number of methoxy groups -OCH3 is 1. The van der Waals surface area contributed by atoms with E-state index in [1.807, 2.05) is 19.3 Å². The molecule has 5 nitrogen and oxygen atoms in total. The second kappa shape index (κ2) is 8.94. The zero-order valence-corrected chi connectivity index (χ0v) is 11.7. The van der Waals surface area contributed by atoms with Gasteiger partial charge in [-0.25, -0.2) is 4.98 Å². The van der Waals surface area contributed by atoms with Gasteiger partial charge in [0.1, 0.15) is 0 Å². The number of nitrogens with zero attached hydrogens (tertiary/aromatic N) is 2. The summed E-state index contributed by atoms with van der Waals surface area (Å²) >= 11 is 0. The Labute approximate surface area is 109 Å². The average Bonchev–Trinajstić information content (AvgIpc) is 2.77. The molecule has 0 bridgehead atoms. The molecule has 0 radical (unpaired) electrons. The average molecular weight is 255 g/mol. The second-order valence-corrected chi connectivity index (χ2v) is 4.44. The Morgan fingerprint density at radius 1 is 1.50 bits per heavy atom. The molecule has 0 saturated heterocycles. The second-order valence-electron chi connectivity index (χ2n) is 4.44. The zero-order valence-electron chi connectivity index (χ0n) is 11.7. The van der Waals surface area contributed by atoms with Gasteiger partial charge in [0.25, 0.3) is 0 Å².